The van der Waals surface area contributed by atoms with Gasteiger partial charge < -0.3 is 9.16 Å². The zero-order chi connectivity index (χ0) is 19.6. The van der Waals surface area contributed by atoms with Crippen LogP contribution in [0.2, 0.25) is 18.1 Å². The molecule has 4 rings (SSSR count). The maximum atomic E-state index is 12.6. The molecule has 0 radical (unpaired) electrons. The second kappa shape index (κ2) is 5.88. The van der Waals surface area contributed by atoms with Crippen LogP contribution in [0.25, 0.3) is 10.8 Å². The van der Waals surface area contributed by atoms with Gasteiger partial charge in [0.15, 0.2) is 8.32 Å². The maximum absolute atomic E-state index is 12.6. The van der Waals surface area contributed by atoms with Gasteiger partial charge in [0.1, 0.15) is 17.9 Å². The molecule has 6 heteroatoms. The summed E-state index contributed by atoms with van der Waals surface area (Å²) in [4.78, 5) is 17.3. The van der Waals surface area contributed by atoms with Crippen LogP contribution in [0.5, 0.6) is 0 Å². The number of fused-ring (bicyclic) bond motifs is 5. The van der Waals surface area contributed by atoms with Gasteiger partial charge in [-0.25, -0.2) is 4.98 Å². The molecule has 1 aliphatic heterocycles. The van der Waals surface area contributed by atoms with Gasteiger partial charge in [0, 0.05) is 11.3 Å². The van der Waals surface area contributed by atoms with Crippen LogP contribution in [0.3, 0.4) is 0 Å². The predicted octanol–water partition coefficient (Wildman–Crippen LogP) is 4.44. The minimum atomic E-state index is -2.15. The van der Waals surface area contributed by atoms with Crippen molar-refractivity contribution in [1.29, 1.82) is 5.26 Å². The Hall–Kier alpha value is -2.23. The van der Waals surface area contributed by atoms with Crippen LogP contribution >= 0.6 is 0 Å². The summed E-state index contributed by atoms with van der Waals surface area (Å²) in [6, 6.07) is 10.00. The topological polar surface area (TPSA) is 72.2 Å². The van der Waals surface area contributed by atoms with Gasteiger partial charge >= 0.3 is 5.97 Å². The smallest absolute Gasteiger partial charge is 0.312 e. The molecule has 2 aliphatic rings. The summed E-state index contributed by atoms with van der Waals surface area (Å²) in [5.74, 6) is -0.657. The van der Waals surface area contributed by atoms with Crippen LogP contribution in [-0.2, 0) is 14.0 Å². The molecule has 3 atom stereocenters. The fourth-order valence-electron chi connectivity index (χ4n) is 3.92. The molecule has 0 spiro atoms. The highest BCUT2D eigenvalue weighted by Crippen LogP contribution is 2.54. The second-order valence-electron chi connectivity index (χ2n) is 8.98. The zero-order valence-electron chi connectivity index (χ0n) is 16.4. The lowest BCUT2D eigenvalue weighted by atomic mass is 9.92. The van der Waals surface area contributed by atoms with E-state index in [1.165, 1.54) is 0 Å². The van der Waals surface area contributed by atoms with Gasteiger partial charge in [-0.3, -0.25) is 4.79 Å². The zero-order valence-corrected chi connectivity index (χ0v) is 17.4. The SMILES string of the molecule is CC(C)(C)[Si](C)(C)OC1c2nc(C#N)c3ccccc3c2[C@H]2COC(=O)[C@@H]12. The van der Waals surface area contributed by atoms with E-state index in [9.17, 15) is 10.1 Å². The molecule has 1 aromatic carbocycles. The van der Waals surface area contributed by atoms with Crippen LogP contribution in [0.4, 0.5) is 0 Å². The van der Waals surface area contributed by atoms with E-state index in [1.54, 1.807) is 0 Å². The lowest BCUT2D eigenvalue weighted by molar-refractivity contribution is -0.143. The molecule has 0 amide bonds. The number of ether oxygens (including phenoxy) is 1. The second-order valence-corrected chi connectivity index (χ2v) is 13.7. The van der Waals surface area contributed by atoms with Crippen LogP contribution < -0.4 is 0 Å². The average molecular weight is 381 g/mol. The van der Waals surface area contributed by atoms with Gasteiger partial charge in [-0.1, -0.05) is 45.0 Å². The molecule has 1 aromatic heterocycles. The first kappa shape index (κ1) is 18.1. The van der Waals surface area contributed by atoms with Crippen LogP contribution in [0.15, 0.2) is 24.3 Å². The summed E-state index contributed by atoms with van der Waals surface area (Å²) < 4.78 is 12.1. The van der Waals surface area contributed by atoms with Gasteiger partial charge in [0.2, 0.25) is 0 Å². The quantitative estimate of drug-likeness (QED) is 0.569. The normalized spacial score (nSPS) is 24.4. The monoisotopic (exact) mass is 380 g/mol. The fourth-order valence-corrected chi connectivity index (χ4v) is 5.17. The molecular weight excluding hydrogens is 356 g/mol. The van der Waals surface area contributed by atoms with Gasteiger partial charge in [-0.2, -0.15) is 5.26 Å². The molecule has 1 fully saturated rings. The van der Waals surface area contributed by atoms with Gasteiger partial charge in [-0.15, -0.1) is 0 Å². The van der Waals surface area contributed by atoms with Crippen molar-refractivity contribution in [3.05, 3.63) is 41.2 Å². The third-order valence-electron chi connectivity index (χ3n) is 6.39. The largest absolute Gasteiger partial charge is 0.465 e. The molecule has 1 aliphatic carbocycles. The van der Waals surface area contributed by atoms with Crippen LogP contribution in [0.1, 0.15) is 49.7 Å². The standard InChI is InChI=1S/C21H24N2O3Si/c1-21(2,3)27(4,5)26-19-17-14(11-25-20(17)24)16-13-9-7-6-8-12(13)15(10-22)23-18(16)19/h6-9,14,17,19H,11H2,1-5H3/t14-,17-,19?/m1/s1. The van der Waals surface area contributed by atoms with Crippen molar-refractivity contribution >= 4 is 25.1 Å². The van der Waals surface area contributed by atoms with Gasteiger partial charge in [0.05, 0.1) is 18.2 Å². The Labute approximate surface area is 160 Å². The summed E-state index contributed by atoms with van der Waals surface area (Å²) in [7, 11) is -2.15. The van der Waals surface area contributed by atoms with Crippen molar-refractivity contribution in [2.45, 2.75) is 50.9 Å². The number of pyridine rings is 1. The minimum absolute atomic E-state index is 0.00264. The Morgan fingerprint density at radius 1 is 1.26 bits per heavy atom. The molecule has 2 heterocycles. The van der Waals surface area contributed by atoms with E-state index in [2.05, 4.69) is 39.9 Å². The molecule has 27 heavy (non-hydrogen) atoms. The van der Waals surface area contributed by atoms with E-state index in [0.717, 1.165) is 22.0 Å². The summed E-state index contributed by atoms with van der Waals surface area (Å²) in [5.41, 5.74) is 2.16. The first-order chi connectivity index (χ1) is 12.7. The number of carbonyl (C=O) groups excluding carboxylic acids is 1. The Bertz CT molecular complexity index is 987. The Balaban J connectivity index is 1.94. The summed E-state index contributed by atoms with van der Waals surface area (Å²) in [6.07, 6.45) is -0.447. The number of nitriles is 1. The van der Waals surface area contributed by atoms with Crippen LogP contribution in [0, 0.1) is 17.2 Å². The van der Waals surface area contributed by atoms with Crippen molar-refractivity contribution in [3.63, 3.8) is 0 Å². The third-order valence-corrected chi connectivity index (χ3v) is 10.8. The van der Waals surface area contributed by atoms with E-state index in [1.807, 2.05) is 24.3 Å². The average Bonchev–Trinajstić information content (AvgIpc) is 3.12. The minimum Gasteiger partial charge on any atom is -0.465 e. The molecular formula is C21H24N2O3Si. The fraction of sp³-hybridized carbons (Fsp3) is 0.476. The van der Waals surface area contributed by atoms with Crippen molar-refractivity contribution in [2.75, 3.05) is 6.61 Å². The molecule has 1 saturated heterocycles. The number of aromatic nitrogens is 1. The lowest BCUT2D eigenvalue weighted by Gasteiger charge is -2.39. The molecule has 0 saturated carbocycles. The van der Waals surface area contributed by atoms with E-state index >= 15 is 0 Å². The Kier molecular flexibility index (Phi) is 3.95. The number of rotatable bonds is 2. The van der Waals surface area contributed by atoms with Crippen LogP contribution in [-0.4, -0.2) is 25.9 Å². The number of hydrogen-bond acceptors (Lipinski definition) is 5. The Morgan fingerprint density at radius 3 is 2.56 bits per heavy atom. The van der Waals surface area contributed by atoms with Gasteiger partial charge in [-0.05, 0) is 29.1 Å². The number of benzene rings is 1. The lowest BCUT2D eigenvalue weighted by Crippen LogP contribution is -2.43. The first-order valence-electron chi connectivity index (χ1n) is 9.33. The number of esters is 1. The van der Waals surface area contributed by atoms with Crippen molar-refractivity contribution in [1.82, 2.24) is 4.98 Å². The van der Waals surface area contributed by atoms with E-state index in [0.29, 0.717) is 12.3 Å². The van der Waals surface area contributed by atoms with E-state index in [4.69, 9.17) is 14.1 Å². The predicted molar refractivity (Wildman–Crippen MR) is 105 cm³/mol. The highest BCUT2D eigenvalue weighted by atomic mass is 28.4. The van der Waals surface area contributed by atoms with Crippen molar-refractivity contribution in [2.24, 2.45) is 5.92 Å². The Morgan fingerprint density at radius 2 is 1.93 bits per heavy atom. The number of carbonyl (C=O) groups is 1. The first-order valence-corrected chi connectivity index (χ1v) is 12.2. The third kappa shape index (κ3) is 2.60. The van der Waals surface area contributed by atoms with Crippen molar-refractivity contribution < 1.29 is 14.0 Å². The van der Waals surface area contributed by atoms with E-state index < -0.39 is 14.4 Å². The number of cyclic esters (lactones) is 1. The number of hydrogen-bond donors (Lipinski definition) is 0. The molecule has 1 unspecified atom stereocenters. The highest BCUT2D eigenvalue weighted by Gasteiger charge is 2.55. The summed E-state index contributed by atoms with van der Waals surface area (Å²) >= 11 is 0. The highest BCUT2D eigenvalue weighted by molar-refractivity contribution is 6.74. The molecule has 0 bridgehead atoms. The summed E-state index contributed by atoms with van der Waals surface area (Å²) in [5, 5.41) is 11.4. The van der Waals surface area contributed by atoms with Crippen molar-refractivity contribution in [3.8, 4) is 6.07 Å². The summed E-state index contributed by atoms with van der Waals surface area (Å²) in [6.45, 7) is 11.2. The van der Waals surface area contributed by atoms with Gasteiger partial charge in [0.25, 0.3) is 0 Å². The molecule has 0 N–H and O–H groups in total. The molecule has 5 nitrogen and oxygen atoms in total. The molecule has 140 valence electrons. The molecule has 2 aromatic rings. The number of nitrogens with zero attached hydrogens (tertiary/aromatic N) is 2. The maximum Gasteiger partial charge on any atom is 0.312 e. The van der Waals surface area contributed by atoms with E-state index in [-0.39, 0.29) is 22.8 Å².